The summed E-state index contributed by atoms with van der Waals surface area (Å²) >= 11 is 0. The molecule has 110 heavy (non-hydrogen) atoms. The van der Waals surface area contributed by atoms with E-state index in [9.17, 15) is 42.3 Å². The van der Waals surface area contributed by atoms with E-state index in [1.54, 1.807) is 64.3 Å². The van der Waals surface area contributed by atoms with Crippen molar-refractivity contribution < 1.29 is 51.5 Å². The molecule has 0 aliphatic heterocycles. The molecule has 0 unspecified atom stereocenters. The normalized spacial score (nSPS) is 11.2. The number of carbonyl (C=O) groups excluding carboxylic acids is 7. The van der Waals surface area contributed by atoms with E-state index in [1.165, 1.54) is 39.8 Å². The van der Waals surface area contributed by atoms with Gasteiger partial charge in [0, 0.05) is 151 Å². The van der Waals surface area contributed by atoms with Crippen LogP contribution in [0.2, 0.25) is 0 Å². The molecule has 12 aromatic rings. The zero-order valence-corrected chi connectivity index (χ0v) is 64.4. The molecule has 590 valence electrons. The van der Waals surface area contributed by atoms with Gasteiger partial charge in [-0.3, -0.25) is 33.6 Å². The summed E-state index contributed by atoms with van der Waals surface area (Å²) in [7, 11) is 1.59. The highest BCUT2D eigenvalue weighted by molar-refractivity contribution is 6.17. The van der Waals surface area contributed by atoms with Crippen molar-refractivity contribution in [3.05, 3.63) is 184 Å². The molecule has 0 radical (unpaired) electrons. The summed E-state index contributed by atoms with van der Waals surface area (Å²) in [5.41, 5.74) is 10.7. The molecule has 0 bridgehead atoms. The summed E-state index contributed by atoms with van der Waals surface area (Å²) in [5.74, 6) is -1.35. The lowest BCUT2D eigenvalue weighted by Crippen LogP contribution is -2.27. The van der Waals surface area contributed by atoms with Gasteiger partial charge in [-0.15, -0.1) is 0 Å². The summed E-state index contributed by atoms with van der Waals surface area (Å²) in [6, 6.07) is 37.7. The third-order valence-corrected chi connectivity index (χ3v) is 20.8. The van der Waals surface area contributed by atoms with Crippen LogP contribution in [0.25, 0.3) is 87.2 Å². The molecule has 0 atom stereocenters. The third-order valence-electron chi connectivity index (χ3n) is 20.8. The highest BCUT2D eigenvalue weighted by atomic mass is 19.1. The number of Topliss-reactive ketones (excluding diaryl/α,β-unsaturated/α-hetero) is 7. The van der Waals surface area contributed by atoms with E-state index >= 15 is 4.39 Å². The Morgan fingerprint density at radius 3 is 0.927 bits per heavy atom. The Labute approximate surface area is 648 Å². The number of methoxy groups -OCH3 is 1. The predicted octanol–water partition coefficient (Wildman–Crippen LogP) is 20.9. The fourth-order valence-corrected chi connectivity index (χ4v) is 14.4. The lowest BCUT2D eigenvalue weighted by atomic mass is 10.0. The summed E-state index contributed by atoms with van der Waals surface area (Å²) in [4.78, 5) is 92.4. The lowest BCUT2D eigenvalue weighted by molar-refractivity contribution is 0.100. The molecule has 0 aliphatic carbocycles. The molecule has 16 nitrogen and oxygen atoms in total. The zero-order valence-electron chi connectivity index (χ0n) is 64.4. The first-order valence-corrected chi connectivity index (χ1v) is 37.0. The number of ether oxygens (including phenoxy) is 1. The van der Waals surface area contributed by atoms with Crippen LogP contribution in [-0.4, -0.2) is 164 Å². The Balaban J connectivity index is 0.000000260. The standard InChI is InChI=1S/C23H28N2O3.2C22H25FN2O2.C20H23FN2O.4CH4/c1-6-24(7-2)10-11-25-21-9-8-17(15(3)26)12-19(21)20-13-18(16(4)27)23(28-5)14-22(20)25;1-5-24(6-2)11-12-25-19-9-7-16(14(3)26)13-18(19)21-20(25)10-8-17(15(4)27)22(21)23;1-5-24(6-2)9-10-25-21-8-7-16(14(3)26)11-18(21)19-12-17(15(4)27)20(23)13-22(19)25;1-4-22(5-2)10-11-23-19-8-6-15(14(3)24)12-17(19)18-13-16(21)7-9-20(18)23;;;;/h8-9,12-14H,6-7,10-11H2,1-5H3;7-10,13H,5-6,11-12H2,1-4H3;7-8,11-13H,5-6,9-10H2,1-4H3;6-9,12-13H,4-5,10-11H2,1-3H3;4*1H4. The van der Waals surface area contributed by atoms with Crippen molar-refractivity contribution in [1.82, 2.24) is 37.9 Å². The second kappa shape index (κ2) is 40.1. The second-order valence-electron chi connectivity index (χ2n) is 26.9. The molecule has 0 amide bonds. The van der Waals surface area contributed by atoms with E-state index in [0.717, 1.165) is 168 Å². The number of rotatable bonds is 28. The molecule has 0 saturated heterocycles. The van der Waals surface area contributed by atoms with Crippen molar-refractivity contribution in [1.29, 1.82) is 0 Å². The molecular formula is C91H117F3N8O8. The SMILES string of the molecule is C.C.C.C.CCN(CC)CCn1c2ccc(C(C)=O)cc2c2c(F)c(C(C)=O)ccc21.CCN(CC)CCn1c2ccc(C(C)=O)cc2c2cc(C(C)=O)c(F)cc21.CCN(CC)CCn1c2ccc(C(C)=O)cc2c2cc(C(C)=O)c(OC)cc21.CCN(CC)CCn1c2ccc(F)cc2c2cc(C(C)=O)ccc21. The van der Waals surface area contributed by atoms with Crippen LogP contribution < -0.4 is 4.74 Å². The number of halogens is 3. The maximum Gasteiger partial charge on any atom is 0.163 e. The van der Waals surface area contributed by atoms with Crippen molar-refractivity contribution in [3.8, 4) is 5.75 Å². The number of benzene rings is 8. The first kappa shape index (κ1) is 90.7. The number of carbonyl (C=O) groups is 7. The van der Waals surface area contributed by atoms with Crippen LogP contribution in [0, 0.1) is 17.5 Å². The molecule has 8 aromatic carbocycles. The number of hydrogen-bond donors (Lipinski definition) is 0. The number of ketones is 7. The lowest BCUT2D eigenvalue weighted by Gasteiger charge is -2.19. The third kappa shape index (κ3) is 19.4. The summed E-state index contributed by atoms with van der Waals surface area (Å²) in [5, 5.41) is 6.55. The van der Waals surface area contributed by atoms with E-state index < -0.39 is 11.6 Å². The maximum absolute atomic E-state index is 15.2. The highest BCUT2D eigenvalue weighted by Crippen LogP contribution is 2.38. The highest BCUT2D eigenvalue weighted by Gasteiger charge is 2.24. The molecule has 0 N–H and O–H groups in total. The molecule has 4 heterocycles. The average molecular weight is 1510 g/mol. The monoisotopic (exact) mass is 1510 g/mol. The summed E-state index contributed by atoms with van der Waals surface area (Å²) in [6.45, 7) is 42.0. The number of hydrogen-bond acceptors (Lipinski definition) is 12. The second-order valence-corrected chi connectivity index (χ2v) is 26.9. The quantitative estimate of drug-likeness (QED) is 0.0427. The molecule has 0 spiro atoms. The largest absolute Gasteiger partial charge is 0.496 e. The fourth-order valence-electron chi connectivity index (χ4n) is 14.4. The van der Waals surface area contributed by atoms with E-state index in [0.29, 0.717) is 57.4 Å². The van der Waals surface area contributed by atoms with Crippen LogP contribution in [-0.2, 0) is 26.2 Å². The van der Waals surface area contributed by atoms with E-state index in [4.69, 9.17) is 4.74 Å². The molecule has 12 rings (SSSR count). The van der Waals surface area contributed by atoms with Crippen molar-refractivity contribution in [2.45, 2.75) is 160 Å². The topological polar surface area (TPSA) is 161 Å². The average Bonchev–Trinajstić information content (AvgIpc) is 1.63. The van der Waals surface area contributed by atoms with Gasteiger partial charge in [0.25, 0.3) is 0 Å². The minimum atomic E-state index is -0.507. The smallest absolute Gasteiger partial charge is 0.163 e. The first-order chi connectivity index (χ1) is 50.7. The Hall–Kier alpha value is -9.92. The summed E-state index contributed by atoms with van der Waals surface area (Å²) < 4.78 is 57.6. The number of fused-ring (bicyclic) bond motifs is 12. The van der Waals surface area contributed by atoms with Crippen molar-refractivity contribution in [3.63, 3.8) is 0 Å². The van der Waals surface area contributed by atoms with Crippen LogP contribution in [0.3, 0.4) is 0 Å². The van der Waals surface area contributed by atoms with Crippen LogP contribution in [0.15, 0.2) is 127 Å². The molecular weight excluding hydrogens is 1390 g/mol. The van der Waals surface area contributed by atoms with Crippen LogP contribution in [0.1, 0.15) is 206 Å². The van der Waals surface area contributed by atoms with Gasteiger partial charge in [0.1, 0.15) is 23.2 Å². The van der Waals surface area contributed by atoms with Crippen molar-refractivity contribution in [2.75, 3.05) is 85.6 Å². The molecule has 4 aromatic heterocycles. The number of aromatic nitrogens is 4. The number of likely N-dealkylation sites (N-methyl/N-ethyl adjacent to an activating group) is 4. The fraction of sp³-hybridized carbons (Fsp3) is 0.396. The Morgan fingerprint density at radius 1 is 0.309 bits per heavy atom. The van der Waals surface area contributed by atoms with Crippen LogP contribution in [0.5, 0.6) is 5.75 Å². The molecule has 0 saturated carbocycles. The van der Waals surface area contributed by atoms with Gasteiger partial charge in [0.15, 0.2) is 40.5 Å². The number of nitrogens with zero attached hydrogens (tertiary/aromatic N) is 8. The summed E-state index contributed by atoms with van der Waals surface area (Å²) in [6.07, 6.45) is 0. The van der Waals surface area contributed by atoms with Gasteiger partial charge in [-0.25, -0.2) is 13.2 Å². The Bertz CT molecular complexity index is 5280. The van der Waals surface area contributed by atoms with E-state index in [-0.39, 0.29) is 87.1 Å². The van der Waals surface area contributed by atoms with Gasteiger partial charge < -0.3 is 42.6 Å². The Kier molecular flexibility index (Phi) is 33.1. The van der Waals surface area contributed by atoms with Gasteiger partial charge in [-0.1, -0.05) is 85.1 Å². The van der Waals surface area contributed by atoms with Gasteiger partial charge in [-0.05, 0) is 222 Å². The maximum atomic E-state index is 15.2. The first-order valence-electron chi connectivity index (χ1n) is 37.0. The van der Waals surface area contributed by atoms with Gasteiger partial charge in [0.05, 0.1) is 40.4 Å². The molecule has 19 heteroatoms. The molecule has 0 fully saturated rings. The van der Waals surface area contributed by atoms with Crippen LogP contribution in [0.4, 0.5) is 13.2 Å². The van der Waals surface area contributed by atoms with Gasteiger partial charge in [-0.2, -0.15) is 0 Å². The zero-order chi connectivity index (χ0) is 77.1. The minimum Gasteiger partial charge on any atom is -0.496 e. The Morgan fingerprint density at radius 2 is 0.591 bits per heavy atom. The van der Waals surface area contributed by atoms with Crippen molar-refractivity contribution in [2.24, 2.45) is 0 Å². The predicted molar refractivity (Wildman–Crippen MR) is 452 cm³/mol. The van der Waals surface area contributed by atoms with Gasteiger partial charge in [0.2, 0.25) is 0 Å². The van der Waals surface area contributed by atoms with Crippen LogP contribution >= 0.6 is 0 Å². The van der Waals surface area contributed by atoms with Gasteiger partial charge >= 0.3 is 0 Å². The minimum absolute atomic E-state index is 0. The van der Waals surface area contributed by atoms with Crippen molar-refractivity contribution >= 4 is 128 Å². The van der Waals surface area contributed by atoms with E-state index in [2.05, 4.69) is 93.3 Å². The molecule has 0 aliphatic rings. The van der Waals surface area contributed by atoms with E-state index in [1.807, 2.05) is 78.9 Å².